The quantitative estimate of drug-likeness (QED) is 0.341. The van der Waals surface area contributed by atoms with E-state index in [1.54, 1.807) is 15.5 Å². The van der Waals surface area contributed by atoms with Crippen LogP contribution in [0.15, 0.2) is 55.2 Å². The van der Waals surface area contributed by atoms with Crippen LogP contribution >= 0.6 is 0 Å². The van der Waals surface area contributed by atoms with Crippen molar-refractivity contribution in [3.8, 4) is 34.4 Å². The zero-order chi connectivity index (χ0) is 27.8. The van der Waals surface area contributed by atoms with E-state index < -0.39 is 0 Å². The Labute approximate surface area is 233 Å². The summed E-state index contributed by atoms with van der Waals surface area (Å²) in [6, 6.07) is 10.1. The maximum atomic E-state index is 6.17. The predicted octanol–water partition coefficient (Wildman–Crippen LogP) is 4.58. The number of hydrogen-bond acceptors (Lipinski definition) is 8. The number of aromatic nitrogens is 11. The smallest absolute Gasteiger partial charge is 0.244 e. The van der Waals surface area contributed by atoms with Crippen molar-refractivity contribution in [1.29, 1.82) is 0 Å². The van der Waals surface area contributed by atoms with Crippen LogP contribution in [0.25, 0.3) is 39.2 Å². The second kappa shape index (κ2) is 8.55. The van der Waals surface area contributed by atoms with Crippen molar-refractivity contribution in [3.05, 3.63) is 83.3 Å². The summed E-state index contributed by atoms with van der Waals surface area (Å²) in [5.41, 5.74) is 8.91. The third kappa shape index (κ3) is 3.43. The van der Waals surface area contributed by atoms with Gasteiger partial charge in [0.15, 0.2) is 11.5 Å². The van der Waals surface area contributed by atoms with E-state index >= 15 is 0 Å². The fraction of sp³-hybridized carbons (Fsp3) is 0.207. The lowest BCUT2D eigenvalue weighted by atomic mass is 9.86. The maximum absolute atomic E-state index is 6.17. The lowest BCUT2D eigenvalue weighted by molar-refractivity contribution is 0.416. The average molecular weight is 544 g/mol. The summed E-state index contributed by atoms with van der Waals surface area (Å²) >= 11 is 0. The lowest BCUT2D eigenvalue weighted by Gasteiger charge is -2.24. The molecule has 6 aromatic heterocycles. The molecule has 1 aliphatic heterocycles. The summed E-state index contributed by atoms with van der Waals surface area (Å²) in [6.45, 7) is 6.92. The van der Waals surface area contributed by atoms with Crippen LogP contribution in [0.5, 0.6) is 11.8 Å². The minimum atomic E-state index is -0.235. The van der Waals surface area contributed by atoms with E-state index in [4.69, 9.17) is 19.8 Å². The molecular formula is C29H25N11O. The highest BCUT2D eigenvalue weighted by Crippen LogP contribution is 2.48. The number of fused-ring (bicyclic) bond motifs is 5. The summed E-state index contributed by atoms with van der Waals surface area (Å²) in [5.74, 6) is 1.29. The minimum Gasteiger partial charge on any atom is -0.418 e. The van der Waals surface area contributed by atoms with Gasteiger partial charge in [-0.15, -0.1) is 10.2 Å². The van der Waals surface area contributed by atoms with Gasteiger partial charge in [0.05, 0.1) is 35.1 Å². The molecule has 8 rings (SSSR count). The number of nitrogens with zero attached hydrogens (tertiary/aromatic N) is 10. The van der Waals surface area contributed by atoms with Gasteiger partial charge in [-0.1, -0.05) is 18.2 Å². The van der Waals surface area contributed by atoms with Crippen LogP contribution in [0.4, 0.5) is 0 Å². The first-order valence-corrected chi connectivity index (χ1v) is 13.4. The van der Waals surface area contributed by atoms with E-state index in [9.17, 15) is 0 Å². The predicted molar refractivity (Wildman–Crippen MR) is 151 cm³/mol. The molecule has 7 aromatic rings. The standard InChI is InChI=1S/C29H25N11O/c1-5-39-16(3)20(12-32-39)22-10-19(18-8-6-7-9-21(18)33-22)26-34-27-25-24(17-11-31-38(4)13-17)23-15(2)35-36-29(23)41-28(25)30-14-40(27)37-26/h6-14,24H,5H2,1-4H3,(H,35,36). The zero-order valence-electron chi connectivity index (χ0n) is 22.9. The van der Waals surface area contributed by atoms with Gasteiger partial charge in [-0.2, -0.15) is 10.2 Å². The number of benzene rings is 1. The highest BCUT2D eigenvalue weighted by atomic mass is 16.5. The molecule has 0 fully saturated rings. The fourth-order valence-corrected chi connectivity index (χ4v) is 5.81. The molecule has 1 atom stereocenters. The summed E-state index contributed by atoms with van der Waals surface area (Å²) in [4.78, 5) is 14.7. The van der Waals surface area contributed by atoms with Crippen LogP contribution < -0.4 is 4.74 Å². The summed E-state index contributed by atoms with van der Waals surface area (Å²) in [6.07, 6.45) is 7.36. The van der Waals surface area contributed by atoms with Crippen molar-refractivity contribution < 1.29 is 4.74 Å². The maximum Gasteiger partial charge on any atom is 0.244 e. The van der Waals surface area contributed by atoms with Crippen LogP contribution in [0.2, 0.25) is 0 Å². The summed E-state index contributed by atoms with van der Waals surface area (Å²) < 4.78 is 11.6. The van der Waals surface area contributed by atoms with Crippen molar-refractivity contribution in [1.82, 2.24) is 54.3 Å². The van der Waals surface area contributed by atoms with E-state index in [0.29, 0.717) is 23.2 Å². The zero-order valence-corrected chi connectivity index (χ0v) is 22.9. The fourth-order valence-electron chi connectivity index (χ4n) is 5.81. The normalized spacial score (nSPS) is 14.4. The molecule has 7 heterocycles. The largest absolute Gasteiger partial charge is 0.418 e. The van der Waals surface area contributed by atoms with Gasteiger partial charge in [-0.05, 0) is 32.9 Å². The SMILES string of the molecule is CCn1ncc(-c2cc(-c3nc4c5c(ncn4n3)Oc3n[nH]c(C)c3C5c3cnn(C)c3)c3ccccc3n2)c1C. The number of aromatic amines is 1. The highest BCUT2D eigenvalue weighted by molar-refractivity contribution is 5.95. The van der Waals surface area contributed by atoms with Gasteiger partial charge in [0.2, 0.25) is 11.8 Å². The molecule has 0 radical (unpaired) electrons. The Hall–Kier alpha value is -5.39. The molecule has 202 valence electrons. The number of hydrogen-bond donors (Lipinski definition) is 1. The molecule has 0 aliphatic carbocycles. The van der Waals surface area contributed by atoms with E-state index in [-0.39, 0.29) is 5.92 Å². The Morgan fingerprint density at radius 2 is 1.88 bits per heavy atom. The number of aryl methyl sites for hydroxylation is 3. The van der Waals surface area contributed by atoms with Gasteiger partial charge >= 0.3 is 0 Å². The van der Waals surface area contributed by atoms with Gasteiger partial charge in [0.1, 0.15) is 6.33 Å². The van der Waals surface area contributed by atoms with Crippen LogP contribution in [0, 0.1) is 13.8 Å². The summed E-state index contributed by atoms with van der Waals surface area (Å²) in [5, 5.41) is 22.3. The van der Waals surface area contributed by atoms with E-state index in [1.165, 1.54) is 0 Å². The molecule has 1 aromatic carbocycles. The van der Waals surface area contributed by atoms with E-state index in [1.807, 2.05) is 61.5 Å². The van der Waals surface area contributed by atoms with Gasteiger partial charge in [-0.3, -0.25) is 14.5 Å². The highest BCUT2D eigenvalue weighted by Gasteiger charge is 2.37. The molecule has 12 nitrogen and oxygen atoms in total. The molecule has 0 spiro atoms. The Morgan fingerprint density at radius 1 is 1.00 bits per heavy atom. The van der Waals surface area contributed by atoms with E-state index in [2.05, 4.69) is 45.3 Å². The van der Waals surface area contributed by atoms with Crippen LogP contribution in [-0.4, -0.2) is 54.3 Å². The minimum absolute atomic E-state index is 0.235. The first-order chi connectivity index (χ1) is 20.0. The molecule has 1 N–H and O–H groups in total. The van der Waals surface area contributed by atoms with Gasteiger partial charge < -0.3 is 4.74 Å². The first-order valence-electron chi connectivity index (χ1n) is 13.4. The van der Waals surface area contributed by atoms with Crippen LogP contribution in [-0.2, 0) is 13.6 Å². The second-order valence-electron chi connectivity index (χ2n) is 10.2. The third-order valence-corrected chi connectivity index (χ3v) is 7.81. The average Bonchev–Trinajstić information content (AvgIpc) is 3.77. The second-order valence-corrected chi connectivity index (χ2v) is 10.2. The summed E-state index contributed by atoms with van der Waals surface area (Å²) in [7, 11) is 1.90. The van der Waals surface area contributed by atoms with Gasteiger partial charge in [0, 0.05) is 58.8 Å². The van der Waals surface area contributed by atoms with Crippen LogP contribution in [0.1, 0.15) is 40.9 Å². The van der Waals surface area contributed by atoms with Crippen LogP contribution in [0.3, 0.4) is 0 Å². The Bertz CT molecular complexity index is 2130. The molecule has 0 saturated carbocycles. The molecule has 1 unspecified atom stereocenters. The number of ether oxygens (including phenoxy) is 1. The van der Waals surface area contributed by atoms with Crippen molar-refractivity contribution in [2.24, 2.45) is 7.05 Å². The van der Waals surface area contributed by atoms with Crippen molar-refractivity contribution in [2.45, 2.75) is 33.2 Å². The van der Waals surface area contributed by atoms with Gasteiger partial charge in [0.25, 0.3) is 0 Å². The Kier molecular flexibility index (Phi) is 4.90. The molecule has 12 heteroatoms. The van der Waals surface area contributed by atoms with E-state index in [0.717, 1.165) is 62.3 Å². The number of pyridine rings is 1. The van der Waals surface area contributed by atoms with Crippen molar-refractivity contribution in [2.75, 3.05) is 0 Å². The monoisotopic (exact) mass is 543 g/mol. The number of rotatable bonds is 4. The van der Waals surface area contributed by atoms with Crippen molar-refractivity contribution in [3.63, 3.8) is 0 Å². The Morgan fingerprint density at radius 3 is 2.68 bits per heavy atom. The number of para-hydroxylation sites is 1. The third-order valence-electron chi connectivity index (χ3n) is 7.81. The first kappa shape index (κ1) is 23.5. The van der Waals surface area contributed by atoms with Gasteiger partial charge in [-0.25, -0.2) is 19.5 Å². The molecule has 1 aliphatic rings. The topological polar surface area (TPSA) is 130 Å². The number of H-pyrrole nitrogens is 1. The lowest BCUT2D eigenvalue weighted by Crippen LogP contribution is -2.14. The molecular weight excluding hydrogens is 518 g/mol. The molecule has 0 amide bonds. The van der Waals surface area contributed by atoms with Crippen molar-refractivity contribution >= 4 is 16.6 Å². The molecule has 0 bridgehead atoms. The molecule has 0 saturated heterocycles. The molecule has 41 heavy (non-hydrogen) atoms. The number of nitrogens with one attached hydrogen (secondary N) is 1. The Balaban J connectivity index is 1.37.